The van der Waals surface area contributed by atoms with Gasteiger partial charge in [-0.1, -0.05) is 12.1 Å². The van der Waals surface area contributed by atoms with Crippen molar-refractivity contribution < 1.29 is 19.1 Å². The Morgan fingerprint density at radius 2 is 1.33 bits per heavy atom. The monoisotopic (exact) mass is 324 g/mol. The fourth-order valence-corrected chi connectivity index (χ4v) is 3.02. The number of hydrogen-bond acceptors (Lipinski definition) is 6. The fraction of sp³-hybridized carbons (Fsp3) is 0.333. The van der Waals surface area contributed by atoms with E-state index >= 15 is 0 Å². The largest absolute Gasteiger partial charge is 0.465 e. The molecule has 0 N–H and O–H groups in total. The van der Waals surface area contributed by atoms with Gasteiger partial charge in [-0.2, -0.15) is 0 Å². The molecule has 6 heteroatoms. The summed E-state index contributed by atoms with van der Waals surface area (Å²) in [6.45, 7) is 0.549. The molecule has 0 saturated heterocycles. The Hall–Kier alpha value is -1.66. The highest BCUT2D eigenvalue weighted by atomic mass is 32.1. The molecule has 2 rings (SSSR count). The average molecular weight is 324 g/mol. The van der Waals surface area contributed by atoms with Crippen molar-refractivity contribution in [2.24, 2.45) is 0 Å². The van der Waals surface area contributed by atoms with E-state index in [4.69, 9.17) is 9.47 Å². The number of carbonyl (C=O) groups excluding carboxylic acids is 2. The maximum absolute atomic E-state index is 11.5. The van der Waals surface area contributed by atoms with Gasteiger partial charge in [-0.05, 0) is 22.9 Å². The molecule has 112 valence electrons. The van der Waals surface area contributed by atoms with Gasteiger partial charge in [-0.3, -0.25) is 9.59 Å². The minimum atomic E-state index is -0.248. The molecule has 0 aromatic carbocycles. The van der Waals surface area contributed by atoms with E-state index in [0.717, 1.165) is 9.75 Å². The van der Waals surface area contributed by atoms with Gasteiger partial charge >= 0.3 is 11.9 Å². The minimum Gasteiger partial charge on any atom is -0.465 e. The Labute approximate surface area is 131 Å². The lowest BCUT2D eigenvalue weighted by Gasteiger charge is -2.05. The molecule has 0 aliphatic carbocycles. The van der Waals surface area contributed by atoms with Crippen LogP contribution in [0, 0.1) is 0 Å². The van der Waals surface area contributed by atoms with Gasteiger partial charge in [0.1, 0.15) is 0 Å². The van der Waals surface area contributed by atoms with Crippen LogP contribution in [0.4, 0.5) is 0 Å². The number of rotatable bonds is 8. The van der Waals surface area contributed by atoms with Crippen molar-refractivity contribution in [3.8, 4) is 0 Å². The minimum absolute atomic E-state index is 0.248. The van der Waals surface area contributed by atoms with Gasteiger partial charge in [0.05, 0.1) is 26.1 Å². The first kappa shape index (κ1) is 15.7. The summed E-state index contributed by atoms with van der Waals surface area (Å²) in [4.78, 5) is 25.0. The highest BCUT2D eigenvalue weighted by molar-refractivity contribution is 7.10. The zero-order valence-corrected chi connectivity index (χ0v) is 13.1. The number of thiophene rings is 2. The van der Waals surface area contributed by atoms with E-state index < -0.39 is 0 Å². The lowest BCUT2D eigenvalue weighted by atomic mass is 10.3. The molecule has 0 amide bonds. The first-order valence-corrected chi connectivity index (χ1v) is 8.36. The quantitative estimate of drug-likeness (QED) is 0.553. The van der Waals surface area contributed by atoms with Crippen LogP contribution in [0.5, 0.6) is 0 Å². The van der Waals surface area contributed by atoms with Crippen LogP contribution in [0.1, 0.15) is 16.2 Å². The summed E-state index contributed by atoms with van der Waals surface area (Å²) in [6, 6.07) is 7.61. The fourth-order valence-electron chi connectivity index (χ4n) is 1.64. The Morgan fingerprint density at radius 1 is 0.857 bits per heavy atom. The molecule has 0 atom stereocenters. The molecule has 2 heterocycles. The molecule has 4 nitrogen and oxygen atoms in total. The van der Waals surface area contributed by atoms with E-state index in [-0.39, 0.29) is 25.2 Å². The standard InChI is InChI=1S/C15H16O4S2/c16-14(10-12-4-1-8-20-12)18-6-3-7-19-15(17)11-13-5-2-9-21-13/h1-2,4-5,8-9H,3,6-7,10-11H2. The maximum Gasteiger partial charge on any atom is 0.311 e. The Balaban J connectivity index is 1.51. The summed E-state index contributed by atoms with van der Waals surface area (Å²) in [5.41, 5.74) is 0. The van der Waals surface area contributed by atoms with Gasteiger partial charge < -0.3 is 9.47 Å². The third-order valence-corrected chi connectivity index (χ3v) is 4.36. The predicted molar refractivity (Wildman–Crippen MR) is 82.6 cm³/mol. The van der Waals surface area contributed by atoms with E-state index in [1.54, 1.807) is 0 Å². The molecular weight excluding hydrogens is 308 g/mol. The van der Waals surface area contributed by atoms with E-state index in [1.165, 1.54) is 22.7 Å². The summed E-state index contributed by atoms with van der Waals surface area (Å²) in [5.74, 6) is -0.496. The van der Waals surface area contributed by atoms with Gasteiger partial charge in [0.25, 0.3) is 0 Å². The van der Waals surface area contributed by atoms with Crippen LogP contribution in [-0.2, 0) is 31.9 Å². The summed E-state index contributed by atoms with van der Waals surface area (Å²) in [7, 11) is 0. The predicted octanol–water partition coefficient (Wildman–Crippen LogP) is 3.07. The van der Waals surface area contributed by atoms with Crippen LogP contribution in [-0.4, -0.2) is 25.2 Å². The normalized spacial score (nSPS) is 10.3. The van der Waals surface area contributed by atoms with E-state index in [9.17, 15) is 9.59 Å². The molecule has 0 fully saturated rings. The zero-order chi connectivity index (χ0) is 14.9. The van der Waals surface area contributed by atoms with E-state index in [0.29, 0.717) is 19.3 Å². The number of carbonyl (C=O) groups is 2. The zero-order valence-electron chi connectivity index (χ0n) is 11.4. The number of hydrogen-bond donors (Lipinski definition) is 0. The van der Waals surface area contributed by atoms with Crippen molar-refractivity contribution in [2.45, 2.75) is 19.3 Å². The van der Waals surface area contributed by atoms with Crippen LogP contribution < -0.4 is 0 Å². The second-order valence-corrected chi connectivity index (χ2v) is 6.37. The smallest absolute Gasteiger partial charge is 0.311 e. The van der Waals surface area contributed by atoms with Crippen molar-refractivity contribution in [1.29, 1.82) is 0 Å². The molecular formula is C15H16O4S2. The molecule has 2 aromatic heterocycles. The van der Waals surface area contributed by atoms with Crippen molar-refractivity contribution >= 4 is 34.6 Å². The van der Waals surface area contributed by atoms with Crippen LogP contribution in [0.2, 0.25) is 0 Å². The second-order valence-electron chi connectivity index (χ2n) is 4.31. The first-order valence-electron chi connectivity index (χ1n) is 6.60. The summed E-state index contributed by atoms with van der Waals surface area (Å²) >= 11 is 3.06. The topological polar surface area (TPSA) is 52.6 Å². The second kappa shape index (κ2) is 8.59. The highest BCUT2D eigenvalue weighted by Gasteiger charge is 2.07. The van der Waals surface area contributed by atoms with Crippen molar-refractivity contribution in [3.05, 3.63) is 44.8 Å². The molecule has 0 spiro atoms. The Bertz CT molecular complexity index is 496. The van der Waals surface area contributed by atoms with E-state index in [2.05, 4.69) is 0 Å². The van der Waals surface area contributed by atoms with Gasteiger partial charge in [-0.25, -0.2) is 0 Å². The average Bonchev–Trinajstić information content (AvgIpc) is 3.12. The van der Waals surface area contributed by atoms with Gasteiger partial charge in [0.2, 0.25) is 0 Å². The van der Waals surface area contributed by atoms with E-state index in [1.807, 2.05) is 35.0 Å². The highest BCUT2D eigenvalue weighted by Crippen LogP contribution is 2.10. The van der Waals surface area contributed by atoms with Crippen molar-refractivity contribution in [2.75, 3.05) is 13.2 Å². The SMILES string of the molecule is O=C(Cc1cccs1)OCCCOC(=O)Cc1cccs1. The lowest BCUT2D eigenvalue weighted by molar-refractivity contribution is -0.145. The molecule has 0 radical (unpaired) electrons. The summed E-state index contributed by atoms with van der Waals surface area (Å²) in [5, 5.41) is 3.85. The first-order chi connectivity index (χ1) is 10.2. The lowest BCUT2D eigenvalue weighted by Crippen LogP contribution is -2.12. The van der Waals surface area contributed by atoms with Gasteiger partial charge in [0, 0.05) is 16.2 Å². The molecule has 0 unspecified atom stereocenters. The van der Waals surface area contributed by atoms with Crippen LogP contribution in [0.25, 0.3) is 0 Å². The molecule has 0 saturated carbocycles. The number of esters is 2. The summed E-state index contributed by atoms with van der Waals surface area (Å²) in [6.07, 6.45) is 1.12. The molecule has 21 heavy (non-hydrogen) atoms. The molecule has 0 bridgehead atoms. The molecule has 2 aromatic rings. The number of ether oxygens (including phenoxy) is 2. The third-order valence-electron chi connectivity index (χ3n) is 2.61. The van der Waals surface area contributed by atoms with Crippen LogP contribution >= 0.6 is 22.7 Å². The van der Waals surface area contributed by atoms with Crippen LogP contribution in [0.15, 0.2) is 35.0 Å². The maximum atomic E-state index is 11.5. The van der Waals surface area contributed by atoms with Gasteiger partial charge in [-0.15, -0.1) is 22.7 Å². The van der Waals surface area contributed by atoms with Crippen molar-refractivity contribution in [3.63, 3.8) is 0 Å². The van der Waals surface area contributed by atoms with Gasteiger partial charge in [0.15, 0.2) is 0 Å². The third kappa shape index (κ3) is 6.10. The Morgan fingerprint density at radius 3 is 1.71 bits per heavy atom. The summed E-state index contributed by atoms with van der Waals surface area (Å²) < 4.78 is 10.2. The molecule has 0 aliphatic rings. The van der Waals surface area contributed by atoms with Crippen molar-refractivity contribution in [1.82, 2.24) is 0 Å². The Kier molecular flexibility index (Phi) is 6.43. The molecule has 0 aliphatic heterocycles. The van der Waals surface area contributed by atoms with Crippen LogP contribution in [0.3, 0.4) is 0 Å².